The predicted octanol–water partition coefficient (Wildman–Crippen LogP) is 4.05. The van der Waals surface area contributed by atoms with Crippen molar-refractivity contribution in [1.29, 1.82) is 0 Å². The molecule has 1 atom stereocenters. The van der Waals surface area contributed by atoms with Crippen LogP contribution in [-0.4, -0.2) is 44.2 Å². The Bertz CT molecular complexity index is 794. The van der Waals surface area contributed by atoms with Crippen LogP contribution in [0, 0.1) is 5.92 Å². The van der Waals surface area contributed by atoms with Crippen molar-refractivity contribution in [2.45, 2.75) is 31.7 Å². The van der Waals surface area contributed by atoms with Gasteiger partial charge in [-0.25, -0.2) is 0 Å². The molecule has 5 heteroatoms. The quantitative estimate of drug-likeness (QED) is 0.697. The summed E-state index contributed by atoms with van der Waals surface area (Å²) in [5.41, 5.74) is 1.87. The van der Waals surface area contributed by atoms with E-state index in [9.17, 15) is 4.79 Å². The number of hydrogen-bond donors (Lipinski definition) is 1. The monoisotopic (exact) mass is 394 g/mol. The number of likely N-dealkylation sites (tertiary alicyclic amines) is 1. The third-order valence-electron chi connectivity index (χ3n) is 5.84. The first-order chi connectivity index (χ1) is 14.2. The number of benzene rings is 2. The summed E-state index contributed by atoms with van der Waals surface area (Å²) in [5.74, 6) is 2.36. The van der Waals surface area contributed by atoms with Gasteiger partial charge in [0.25, 0.3) is 5.91 Å². The van der Waals surface area contributed by atoms with Crippen molar-refractivity contribution < 1.29 is 14.3 Å². The first-order valence-corrected chi connectivity index (χ1v) is 10.6. The van der Waals surface area contributed by atoms with E-state index in [0.717, 1.165) is 37.1 Å². The maximum atomic E-state index is 12.7. The van der Waals surface area contributed by atoms with Crippen LogP contribution in [0.5, 0.6) is 11.5 Å². The minimum atomic E-state index is -0.0450. The van der Waals surface area contributed by atoms with Gasteiger partial charge in [-0.1, -0.05) is 12.1 Å². The van der Waals surface area contributed by atoms with Crippen LogP contribution in [0.1, 0.15) is 47.6 Å². The molecule has 0 bridgehead atoms. The average Bonchev–Trinajstić information content (AvgIpc) is 3.45. The standard InChI is InChI=1S/C24H30N2O3/c1-28-21-10-6-19(7-11-21)23(26-14-2-3-15-26)16-25-24(27)20-8-12-22(13-9-20)29-17-18-4-5-18/h6-13,18,23H,2-5,14-17H2,1H3,(H,25,27). The van der Waals surface area contributed by atoms with E-state index in [0.29, 0.717) is 12.1 Å². The number of carbonyl (C=O) groups is 1. The number of hydrogen-bond acceptors (Lipinski definition) is 4. The second kappa shape index (κ2) is 9.31. The molecule has 1 unspecified atom stereocenters. The number of nitrogens with zero attached hydrogens (tertiary/aromatic N) is 1. The molecule has 154 valence electrons. The zero-order valence-corrected chi connectivity index (χ0v) is 17.1. The van der Waals surface area contributed by atoms with E-state index < -0.39 is 0 Å². The van der Waals surface area contributed by atoms with Crippen LogP contribution in [0.4, 0.5) is 0 Å². The molecule has 1 amide bonds. The van der Waals surface area contributed by atoms with Crippen molar-refractivity contribution in [1.82, 2.24) is 10.2 Å². The molecule has 5 nitrogen and oxygen atoms in total. The molecule has 2 aromatic carbocycles. The molecule has 1 heterocycles. The molecule has 4 rings (SSSR count). The number of methoxy groups -OCH3 is 1. The molecule has 1 aliphatic heterocycles. The highest BCUT2D eigenvalue weighted by atomic mass is 16.5. The van der Waals surface area contributed by atoms with Crippen molar-refractivity contribution in [3.05, 3.63) is 59.7 Å². The van der Waals surface area contributed by atoms with Gasteiger partial charge >= 0.3 is 0 Å². The van der Waals surface area contributed by atoms with Crippen molar-refractivity contribution in [3.8, 4) is 11.5 Å². The molecule has 2 aliphatic rings. The first kappa shape index (κ1) is 19.8. The Morgan fingerprint density at radius 2 is 1.69 bits per heavy atom. The summed E-state index contributed by atoms with van der Waals surface area (Å²) in [5, 5.41) is 3.13. The molecule has 1 saturated heterocycles. The minimum absolute atomic E-state index is 0.0450. The van der Waals surface area contributed by atoms with E-state index in [1.165, 1.54) is 31.2 Å². The molecular weight excluding hydrogens is 364 g/mol. The first-order valence-electron chi connectivity index (χ1n) is 10.6. The molecule has 2 fully saturated rings. The molecule has 1 aliphatic carbocycles. The number of amides is 1. The van der Waals surface area contributed by atoms with E-state index >= 15 is 0 Å². The van der Waals surface area contributed by atoms with Gasteiger partial charge in [-0.3, -0.25) is 9.69 Å². The van der Waals surface area contributed by atoms with Gasteiger partial charge in [-0.2, -0.15) is 0 Å². The van der Waals surface area contributed by atoms with Crippen molar-refractivity contribution >= 4 is 5.91 Å². The van der Waals surface area contributed by atoms with Gasteiger partial charge < -0.3 is 14.8 Å². The smallest absolute Gasteiger partial charge is 0.251 e. The maximum absolute atomic E-state index is 12.7. The van der Waals surface area contributed by atoms with Gasteiger partial charge in [0.1, 0.15) is 11.5 Å². The predicted molar refractivity (Wildman–Crippen MR) is 114 cm³/mol. The molecule has 29 heavy (non-hydrogen) atoms. The highest BCUT2D eigenvalue weighted by molar-refractivity contribution is 5.94. The van der Waals surface area contributed by atoms with E-state index in [-0.39, 0.29) is 11.9 Å². The summed E-state index contributed by atoms with van der Waals surface area (Å²) in [6, 6.07) is 15.8. The summed E-state index contributed by atoms with van der Waals surface area (Å²) < 4.78 is 11.0. The second-order valence-corrected chi connectivity index (χ2v) is 8.02. The van der Waals surface area contributed by atoms with Crippen LogP contribution in [0.25, 0.3) is 0 Å². The Balaban J connectivity index is 1.37. The molecule has 0 radical (unpaired) electrons. The lowest BCUT2D eigenvalue weighted by Crippen LogP contribution is -2.36. The van der Waals surface area contributed by atoms with Crippen LogP contribution in [-0.2, 0) is 0 Å². The van der Waals surface area contributed by atoms with E-state index in [2.05, 4.69) is 22.3 Å². The third kappa shape index (κ3) is 5.30. The zero-order chi connectivity index (χ0) is 20.1. The third-order valence-corrected chi connectivity index (χ3v) is 5.84. The van der Waals surface area contributed by atoms with Crippen molar-refractivity contribution in [2.24, 2.45) is 5.92 Å². The molecule has 1 N–H and O–H groups in total. The van der Waals surface area contributed by atoms with Gasteiger partial charge in [-0.05, 0) is 86.7 Å². The highest BCUT2D eigenvalue weighted by Gasteiger charge is 2.24. The minimum Gasteiger partial charge on any atom is -0.497 e. The van der Waals surface area contributed by atoms with Gasteiger partial charge in [0.15, 0.2) is 0 Å². The highest BCUT2D eigenvalue weighted by Crippen LogP contribution is 2.29. The van der Waals surface area contributed by atoms with Gasteiger partial charge in [0.05, 0.1) is 19.8 Å². The molecule has 1 saturated carbocycles. The number of carbonyl (C=O) groups excluding carboxylic acids is 1. The largest absolute Gasteiger partial charge is 0.497 e. The van der Waals surface area contributed by atoms with Crippen LogP contribution in [0.3, 0.4) is 0 Å². The van der Waals surface area contributed by atoms with Crippen LogP contribution >= 0.6 is 0 Å². The lowest BCUT2D eigenvalue weighted by molar-refractivity contribution is 0.0938. The van der Waals surface area contributed by atoms with E-state index in [1.807, 2.05) is 36.4 Å². The fraction of sp³-hybridized carbons (Fsp3) is 0.458. The molecular formula is C24H30N2O3. The summed E-state index contributed by atoms with van der Waals surface area (Å²) in [6.45, 7) is 3.51. The SMILES string of the molecule is COc1ccc(C(CNC(=O)c2ccc(OCC3CC3)cc2)N2CCCC2)cc1. The molecule has 0 spiro atoms. The normalized spacial score (nSPS) is 17.7. The Labute approximate surface area is 173 Å². The lowest BCUT2D eigenvalue weighted by Gasteiger charge is -2.28. The van der Waals surface area contributed by atoms with Crippen molar-refractivity contribution in [3.63, 3.8) is 0 Å². The fourth-order valence-electron chi connectivity index (χ4n) is 3.83. The van der Waals surface area contributed by atoms with Gasteiger partial charge in [0, 0.05) is 12.1 Å². The molecule has 2 aromatic rings. The van der Waals surface area contributed by atoms with Gasteiger partial charge in [0.2, 0.25) is 0 Å². The van der Waals surface area contributed by atoms with Crippen LogP contribution in [0.2, 0.25) is 0 Å². The summed E-state index contributed by atoms with van der Waals surface area (Å²) in [7, 11) is 1.68. The number of nitrogens with one attached hydrogen (secondary N) is 1. The summed E-state index contributed by atoms with van der Waals surface area (Å²) >= 11 is 0. The lowest BCUT2D eigenvalue weighted by atomic mass is 10.0. The summed E-state index contributed by atoms with van der Waals surface area (Å²) in [6.07, 6.45) is 4.96. The maximum Gasteiger partial charge on any atom is 0.251 e. The average molecular weight is 395 g/mol. The van der Waals surface area contributed by atoms with Crippen LogP contribution < -0.4 is 14.8 Å². The van der Waals surface area contributed by atoms with Crippen molar-refractivity contribution in [2.75, 3.05) is 33.4 Å². The van der Waals surface area contributed by atoms with Crippen LogP contribution in [0.15, 0.2) is 48.5 Å². The Morgan fingerprint density at radius 3 is 2.31 bits per heavy atom. The Morgan fingerprint density at radius 1 is 1.03 bits per heavy atom. The topological polar surface area (TPSA) is 50.8 Å². The Kier molecular flexibility index (Phi) is 6.35. The van der Waals surface area contributed by atoms with Gasteiger partial charge in [-0.15, -0.1) is 0 Å². The van der Waals surface area contributed by atoms with E-state index in [4.69, 9.17) is 9.47 Å². The fourth-order valence-corrected chi connectivity index (χ4v) is 3.83. The summed E-state index contributed by atoms with van der Waals surface area (Å²) in [4.78, 5) is 15.1. The number of rotatable bonds is 9. The Hall–Kier alpha value is -2.53. The zero-order valence-electron chi connectivity index (χ0n) is 17.1. The molecule has 0 aromatic heterocycles. The second-order valence-electron chi connectivity index (χ2n) is 8.02. The number of ether oxygens (including phenoxy) is 2. The van der Waals surface area contributed by atoms with E-state index in [1.54, 1.807) is 7.11 Å².